The second-order valence-corrected chi connectivity index (χ2v) is 6.10. The predicted octanol–water partition coefficient (Wildman–Crippen LogP) is 1.03. The zero-order valence-electron chi connectivity index (χ0n) is 8.57. The van der Waals surface area contributed by atoms with E-state index in [1.165, 1.54) is 12.1 Å². The van der Waals surface area contributed by atoms with Crippen LogP contribution >= 0.6 is 11.6 Å². The van der Waals surface area contributed by atoms with Crippen molar-refractivity contribution in [1.82, 2.24) is 5.43 Å². The van der Waals surface area contributed by atoms with E-state index in [1.807, 2.05) is 0 Å². The molecule has 0 aliphatic carbocycles. The topological polar surface area (TPSA) is 72.2 Å². The van der Waals surface area contributed by atoms with Crippen LogP contribution in [0.25, 0.3) is 0 Å². The van der Waals surface area contributed by atoms with Gasteiger partial charge in [0.25, 0.3) is 0 Å². The molecule has 0 spiro atoms. The van der Waals surface area contributed by atoms with Gasteiger partial charge in [0, 0.05) is 16.8 Å². The molecule has 0 radical (unpaired) electrons. The van der Waals surface area contributed by atoms with E-state index in [9.17, 15) is 12.8 Å². The maximum absolute atomic E-state index is 13.5. The van der Waals surface area contributed by atoms with Crippen molar-refractivity contribution in [1.29, 1.82) is 0 Å². The minimum atomic E-state index is -3.25. The van der Waals surface area contributed by atoms with Crippen molar-refractivity contribution in [3.63, 3.8) is 0 Å². The van der Waals surface area contributed by atoms with Crippen LogP contribution in [0.5, 0.6) is 0 Å². The lowest BCUT2D eigenvalue weighted by molar-refractivity contribution is 0.532. The molecule has 3 N–H and O–H groups in total. The molecule has 16 heavy (non-hydrogen) atoms. The first-order chi connectivity index (χ1) is 7.33. The lowest BCUT2D eigenvalue weighted by Crippen LogP contribution is -2.33. The van der Waals surface area contributed by atoms with Crippen molar-refractivity contribution >= 4 is 21.4 Å². The number of hydrogen-bond donors (Lipinski definition) is 2. The monoisotopic (exact) mass is 266 g/mol. The molecular formula is C9H12ClFN2O2S. The van der Waals surface area contributed by atoms with E-state index in [4.69, 9.17) is 17.4 Å². The van der Waals surface area contributed by atoms with Crippen molar-refractivity contribution in [2.75, 3.05) is 12.0 Å². The van der Waals surface area contributed by atoms with Crippen molar-refractivity contribution in [3.8, 4) is 0 Å². The van der Waals surface area contributed by atoms with Gasteiger partial charge in [0.05, 0.1) is 11.8 Å². The van der Waals surface area contributed by atoms with E-state index in [1.54, 1.807) is 0 Å². The summed E-state index contributed by atoms with van der Waals surface area (Å²) >= 11 is 5.59. The Morgan fingerprint density at radius 1 is 1.56 bits per heavy atom. The van der Waals surface area contributed by atoms with Crippen molar-refractivity contribution in [3.05, 3.63) is 34.6 Å². The summed E-state index contributed by atoms with van der Waals surface area (Å²) < 4.78 is 35.7. The fourth-order valence-corrected chi connectivity index (χ4v) is 2.35. The Balaban J connectivity index is 3.04. The molecule has 0 aromatic heterocycles. The highest BCUT2D eigenvalue weighted by atomic mass is 35.5. The van der Waals surface area contributed by atoms with Crippen LogP contribution in [-0.4, -0.2) is 20.4 Å². The van der Waals surface area contributed by atoms with Crippen LogP contribution in [0.2, 0.25) is 5.02 Å². The molecular weight excluding hydrogens is 255 g/mol. The van der Waals surface area contributed by atoms with Crippen LogP contribution in [0.1, 0.15) is 11.6 Å². The SMILES string of the molecule is CS(=O)(=O)CC(NN)c1ccc(Cl)cc1F. The molecule has 0 fully saturated rings. The summed E-state index contributed by atoms with van der Waals surface area (Å²) in [7, 11) is -3.25. The third-order valence-electron chi connectivity index (χ3n) is 2.01. The van der Waals surface area contributed by atoms with Crippen LogP contribution in [0.15, 0.2) is 18.2 Å². The van der Waals surface area contributed by atoms with Crippen LogP contribution in [-0.2, 0) is 9.84 Å². The van der Waals surface area contributed by atoms with Crippen LogP contribution in [0.3, 0.4) is 0 Å². The zero-order valence-corrected chi connectivity index (χ0v) is 10.1. The molecule has 1 rings (SSSR count). The second-order valence-electron chi connectivity index (χ2n) is 3.48. The number of hydrogen-bond acceptors (Lipinski definition) is 4. The number of rotatable bonds is 4. The van der Waals surface area contributed by atoms with E-state index in [2.05, 4.69) is 5.43 Å². The maximum atomic E-state index is 13.5. The average Bonchev–Trinajstić information content (AvgIpc) is 2.13. The molecule has 1 aromatic carbocycles. The number of sulfone groups is 1. The molecule has 1 aromatic rings. The van der Waals surface area contributed by atoms with Gasteiger partial charge in [-0.1, -0.05) is 17.7 Å². The Bertz CT molecular complexity index is 478. The number of nitrogens with two attached hydrogens (primary N) is 1. The Kier molecular flexibility index (Phi) is 4.26. The number of hydrazine groups is 1. The number of nitrogens with one attached hydrogen (secondary N) is 1. The quantitative estimate of drug-likeness (QED) is 0.631. The van der Waals surface area contributed by atoms with Crippen LogP contribution < -0.4 is 11.3 Å². The third-order valence-corrected chi connectivity index (χ3v) is 3.18. The summed E-state index contributed by atoms with van der Waals surface area (Å²) in [5, 5.41) is 0.247. The summed E-state index contributed by atoms with van der Waals surface area (Å²) in [5.41, 5.74) is 2.45. The normalized spacial score (nSPS) is 13.8. The Morgan fingerprint density at radius 2 is 2.19 bits per heavy atom. The van der Waals surface area contributed by atoms with Gasteiger partial charge >= 0.3 is 0 Å². The minimum Gasteiger partial charge on any atom is -0.271 e. The van der Waals surface area contributed by atoms with Gasteiger partial charge in [-0.3, -0.25) is 11.3 Å². The van der Waals surface area contributed by atoms with Crippen molar-refractivity contribution in [2.45, 2.75) is 6.04 Å². The summed E-state index contributed by atoms with van der Waals surface area (Å²) in [6.07, 6.45) is 1.06. The van der Waals surface area contributed by atoms with Crippen molar-refractivity contribution < 1.29 is 12.8 Å². The summed E-state index contributed by atoms with van der Waals surface area (Å²) in [6, 6.07) is 3.22. The highest BCUT2D eigenvalue weighted by molar-refractivity contribution is 7.90. The molecule has 1 atom stereocenters. The Morgan fingerprint density at radius 3 is 2.62 bits per heavy atom. The summed E-state index contributed by atoms with van der Waals surface area (Å²) in [6.45, 7) is 0. The van der Waals surface area contributed by atoms with Crippen molar-refractivity contribution in [2.24, 2.45) is 5.84 Å². The van der Waals surface area contributed by atoms with Gasteiger partial charge in [-0.15, -0.1) is 0 Å². The van der Waals surface area contributed by atoms with E-state index >= 15 is 0 Å². The summed E-state index contributed by atoms with van der Waals surface area (Å²) in [5.74, 6) is 4.34. The molecule has 0 saturated heterocycles. The van der Waals surface area contributed by atoms with E-state index < -0.39 is 21.7 Å². The average molecular weight is 267 g/mol. The van der Waals surface area contributed by atoms with Gasteiger partial charge in [-0.05, 0) is 12.1 Å². The lowest BCUT2D eigenvalue weighted by atomic mass is 10.1. The van der Waals surface area contributed by atoms with Gasteiger partial charge in [-0.25, -0.2) is 12.8 Å². The Labute approximate surface area is 98.5 Å². The lowest BCUT2D eigenvalue weighted by Gasteiger charge is -2.15. The maximum Gasteiger partial charge on any atom is 0.149 e. The standard InChI is InChI=1S/C9H12ClFN2O2S/c1-16(14,15)5-9(13-12)7-3-2-6(10)4-8(7)11/h2-4,9,13H,5,12H2,1H3. The molecule has 0 aliphatic rings. The largest absolute Gasteiger partial charge is 0.271 e. The van der Waals surface area contributed by atoms with Gasteiger partial charge in [0.2, 0.25) is 0 Å². The molecule has 0 amide bonds. The van der Waals surface area contributed by atoms with Crippen LogP contribution in [0.4, 0.5) is 4.39 Å². The molecule has 0 aliphatic heterocycles. The van der Waals surface area contributed by atoms with Gasteiger partial charge in [0.15, 0.2) is 0 Å². The second kappa shape index (κ2) is 5.09. The van der Waals surface area contributed by atoms with E-state index in [0.717, 1.165) is 12.3 Å². The molecule has 0 saturated carbocycles. The van der Waals surface area contributed by atoms with E-state index in [-0.39, 0.29) is 16.3 Å². The molecule has 1 unspecified atom stereocenters. The first-order valence-corrected chi connectivity index (χ1v) is 6.86. The fraction of sp³-hybridized carbons (Fsp3) is 0.333. The fourth-order valence-electron chi connectivity index (χ4n) is 1.31. The highest BCUT2D eigenvalue weighted by Gasteiger charge is 2.19. The minimum absolute atomic E-state index is 0.178. The first-order valence-electron chi connectivity index (χ1n) is 4.42. The molecule has 0 heterocycles. The Hall–Kier alpha value is -0.690. The first kappa shape index (κ1) is 13.4. The molecule has 4 nitrogen and oxygen atoms in total. The predicted molar refractivity (Wildman–Crippen MR) is 61.2 cm³/mol. The summed E-state index contributed by atoms with van der Waals surface area (Å²) in [4.78, 5) is 0. The number of halogens is 2. The highest BCUT2D eigenvalue weighted by Crippen LogP contribution is 2.21. The van der Waals surface area contributed by atoms with E-state index in [0.29, 0.717) is 0 Å². The third kappa shape index (κ3) is 3.71. The van der Waals surface area contributed by atoms with Gasteiger partial charge < -0.3 is 0 Å². The molecule has 0 bridgehead atoms. The number of benzene rings is 1. The van der Waals surface area contributed by atoms with Crippen LogP contribution in [0, 0.1) is 5.82 Å². The molecule has 7 heteroatoms. The molecule has 90 valence electrons. The van der Waals surface area contributed by atoms with Gasteiger partial charge in [-0.2, -0.15) is 0 Å². The van der Waals surface area contributed by atoms with Gasteiger partial charge in [0.1, 0.15) is 15.7 Å². The zero-order chi connectivity index (χ0) is 12.3. The smallest absolute Gasteiger partial charge is 0.149 e.